The van der Waals surface area contributed by atoms with E-state index in [4.69, 9.17) is 0 Å². The Bertz CT molecular complexity index is 1120. The number of hydrogen-bond acceptors (Lipinski definition) is 3. The SMILES string of the molecule is Cc1ccc(CSCC(=O)N(Cc2ccccc2F)[C@@H](Cc2ccccc2)C(=O)NCC(C)C)cc1. The highest BCUT2D eigenvalue weighted by atomic mass is 32.2. The lowest BCUT2D eigenvalue weighted by Crippen LogP contribution is -2.51. The van der Waals surface area contributed by atoms with Gasteiger partial charge in [-0.25, -0.2) is 4.39 Å². The van der Waals surface area contributed by atoms with Crippen LogP contribution in [0.15, 0.2) is 78.9 Å². The zero-order chi connectivity index (χ0) is 25.9. The topological polar surface area (TPSA) is 49.4 Å². The van der Waals surface area contributed by atoms with E-state index in [1.165, 1.54) is 23.4 Å². The Kier molecular flexibility index (Phi) is 10.6. The fraction of sp³-hybridized carbons (Fsp3) is 0.333. The molecule has 3 aromatic carbocycles. The summed E-state index contributed by atoms with van der Waals surface area (Å²) in [5.74, 6) is 0.362. The molecule has 0 saturated carbocycles. The first kappa shape index (κ1) is 27.5. The van der Waals surface area contributed by atoms with Crippen molar-refractivity contribution in [3.05, 3.63) is 107 Å². The highest BCUT2D eigenvalue weighted by molar-refractivity contribution is 7.99. The molecule has 36 heavy (non-hydrogen) atoms. The molecule has 1 atom stereocenters. The van der Waals surface area contributed by atoms with Crippen LogP contribution in [0, 0.1) is 18.7 Å². The number of nitrogens with one attached hydrogen (secondary N) is 1. The molecule has 0 radical (unpaired) electrons. The van der Waals surface area contributed by atoms with Gasteiger partial charge in [0.05, 0.1) is 5.75 Å². The third kappa shape index (κ3) is 8.52. The number of amides is 2. The van der Waals surface area contributed by atoms with Crippen molar-refractivity contribution < 1.29 is 14.0 Å². The number of hydrogen-bond donors (Lipinski definition) is 1. The van der Waals surface area contributed by atoms with Gasteiger partial charge in [0, 0.05) is 30.8 Å². The lowest BCUT2D eigenvalue weighted by molar-refractivity contribution is -0.139. The van der Waals surface area contributed by atoms with Crippen LogP contribution >= 0.6 is 11.8 Å². The summed E-state index contributed by atoms with van der Waals surface area (Å²) in [7, 11) is 0. The maximum absolute atomic E-state index is 14.6. The molecule has 0 aliphatic rings. The van der Waals surface area contributed by atoms with Crippen LogP contribution in [0.25, 0.3) is 0 Å². The second-order valence-electron chi connectivity index (χ2n) is 9.44. The average molecular weight is 507 g/mol. The van der Waals surface area contributed by atoms with Gasteiger partial charge in [-0.05, 0) is 30.0 Å². The van der Waals surface area contributed by atoms with Crippen molar-refractivity contribution in [3.63, 3.8) is 0 Å². The smallest absolute Gasteiger partial charge is 0.243 e. The van der Waals surface area contributed by atoms with E-state index in [1.807, 2.05) is 51.1 Å². The molecule has 6 heteroatoms. The number of carbonyl (C=O) groups excluding carboxylic acids is 2. The average Bonchev–Trinajstić information content (AvgIpc) is 2.87. The Morgan fingerprint density at radius 3 is 2.25 bits per heavy atom. The molecule has 0 saturated heterocycles. The summed E-state index contributed by atoms with van der Waals surface area (Å²) in [5.41, 5.74) is 3.66. The number of rotatable bonds is 12. The molecule has 3 aromatic rings. The predicted molar refractivity (Wildman–Crippen MR) is 146 cm³/mol. The second-order valence-corrected chi connectivity index (χ2v) is 10.4. The second kappa shape index (κ2) is 13.8. The fourth-order valence-corrected chi connectivity index (χ4v) is 4.68. The van der Waals surface area contributed by atoms with Crippen LogP contribution in [0.5, 0.6) is 0 Å². The standard InChI is InChI=1S/C30H35FN2O2S/c1-22(2)18-32-30(35)28(17-24-9-5-4-6-10-24)33(19-26-11-7-8-12-27(26)31)29(34)21-36-20-25-15-13-23(3)14-16-25/h4-16,22,28H,17-21H2,1-3H3,(H,32,35)/t28-/m0/s1. The molecule has 2 amide bonds. The maximum atomic E-state index is 14.6. The fourth-order valence-electron chi connectivity index (χ4n) is 3.81. The highest BCUT2D eigenvalue weighted by Crippen LogP contribution is 2.20. The third-order valence-electron chi connectivity index (χ3n) is 5.87. The van der Waals surface area contributed by atoms with Gasteiger partial charge in [0.25, 0.3) is 0 Å². The van der Waals surface area contributed by atoms with Crippen LogP contribution in [0.2, 0.25) is 0 Å². The van der Waals surface area contributed by atoms with Crippen molar-refractivity contribution in [2.24, 2.45) is 5.92 Å². The monoisotopic (exact) mass is 506 g/mol. The minimum atomic E-state index is -0.752. The van der Waals surface area contributed by atoms with Crippen molar-refractivity contribution in [2.45, 2.75) is 45.5 Å². The van der Waals surface area contributed by atoms with E-state index >= 15 is 0 Å². The molecule has 0 bridgehead atoms. The summed E-state index contributed by atoms with van der Waals surface area (Å²) >= 11 is 1.50. The normalized spacial score (nSPS) is 11.8. The van der Waals surface area contributed by atoms with E-state index in [1.54, 1.807) is 23.1 Å². The molecular weight excluding hydrogens is 471 g/mol. The van der Waals surface area contributed by atoms with Gasteiger partial charge < -0.3 is 10.2 Å². The summed E-state index contributed by atoms with van der Waals surface area (Å²) in [5, 5.41) is 2.99. The van der Waals surface area contributed by atoms with Gasteiger partial charge in [0.15, 0.2) is 0 Å². The van der Waals surface area contributed by atoms with Crippen LogP contribution < -0.4 is 5.32 Å². The van der Waals surface area contributed by atoms with Crippen LogP contribution in [-0.4, -0.2) is 35.1 Å². The lowest BCUT2D eigenvalue weighted by atomic mass is 10.0. The van der Waals surface area contributed by atoms with Crippen molar-refractivity contribution >= 4 is 23.6 Å². The summed E-state index contributed by atoms with van der Waals surface area (Å²) in [6.45, 7) is 6.63. The van der Waals surface area contributed by atoms with Crippen molar-refractivity contribution in [2.75, 3.05) is 12.3 Å². The van der Waals surface area contributed by atoms with Crippen molar-refractivity contribution in [3.8, 4) is 0 Å². The van der Waals surface area contributed by atoms with Crippen LogP contribution in [0.3, 0.4) is 0 Å². The third-order valence-corrected chi connectivity index (χ3v) is 6.86. The molecule has 0 aliphatic heterocycles. The molecule has 3 rings (SSSR count). The van der Waals surface area contributed by atoms with E-state index in [2.05, 4.69) is 29.6 Å². The summed E-state index contributed by atoms with van der Waals surface area (Å²) < 4.78 is 14.6. The first-order valence-corrected chi connectivity index (χ1v) is 13.5. The van der Waals surface area contributed by atoms with Gasteiger partial charge in [0.1, 0.15) is 11.9 Å². The van der Waals surface area contributed by atoms with Gasteiger partial charge >= 0.3 is 0 Å². The Labute approximate surface area is 218 Å². The van der Waals surface area contributed by atoms with E-state index in [9.17, 15) is 14.0 Å². The lowest BCUT2D eigenvalue weighted by Gasteiger charge is -2.32. The molecular formula is C30H35FN2O2S. The van der Waals surface area contributed by atoms with E-state index in [-0.39, 0.29) is 35.8 Å². The number of benzene rings is 3. The first-order chi connectivity index (χ1) is 17.3. The highest BCUT2D eigenvalue weighted by Gasteiger charge is 2.30. The molecule has 0 aliphatic carbocycles. The minimum absolute atomic E-state index is 0.0309. The number of aryl methyl sites for hydroxylation is 1. The van der Waals surface area contributed by atoms with E-state index in [0.29, 0.717) is 24.3 Å². The molecule has 0 aromatic heterocycles. The first-order valence-electron chi connectivity index (χ1n) is 12.3. The quantitative estimate of drug-likeness (QED) is 0.339. The number of carbonyl (C=O) groups is 2. The summed E-state index contributed by atoms with van der Waals surface area (Å²) in [6, 6.07) is 23.5. The summed E-state index contributed by atoms with van der Waals surface area (Å²) in [4.78, 5) is 28.5. The van der Waals surface area contributed by atoms with Crippen LogP contribution in [0.4, 0.5) is 4.39 Å². The number of thioether (sulfide) groups is 1. The molecule has 0 heterocycles. The summed E-state index contributed by atoms with van der Waals surface area (Å²) in [6.07, 6.45) is 0.355. The molecule has 0 unspecified atom stereocenters. The van der Waals surface area contributed by atoms with Crippen molar-refractivity contribution in [1.29, 1.82) is 0 Å². The van der Waals surface area contributed by atoms with Gasteiger partial charge in [-0.2, -0.15) is 0 Å². The van der Waals surface area contributed by atoms with Crippen molar-refractivity contribution in [1.82, 2.24) is 10.2 Å². The largest absolute Gasteiger partial charge is 0.354 e. The van der Waals surface area contributed by atoms with E-state index < -0.39 is 6.04 Å². The molecule has 0 fully saturated rings. The zero-order valence-electron chi connectivity index (χ0n) is 21.2. The Hall–Kier alpha value is -3.12. The van der Waals surface area contributed by atoms with E-state index in [0.717, 1.165) is 11.1 Å². The maximum Gasteiger partial charge on any atom is 0.243 e. The van der Waals surface area contributed by atoms with Crippen LogP contribution in [-0.2, 0) is 28.3 Å². The van der Waals surface area contributed by atoms with Gasteiger partial charge in [-0.3, -0.25) is 9.59 Å². The number of nitrogens with zero attached hydrogens (tertiary/aromatic N) is 1. The van der Waals surface area contributed by atoms with Gasteiger partial charge in [0.2, 0.25) is 11.8 Å². The van der Waals surface area contributed by atoms with Gasteiger partial charge in [-0.15, -0.1) is 11.8 Å². The predicted octanol–water partition coefficient (Wildman–Crippen LogP) is 5.78. The molecule has 1 N–H and O–H groups in total. The molecule has 4 nitrogen and oxygen atoms in total. The zero-order valence-corrected chi connectivity index (χ0v) is 22.1. The Morgan fingerprint density at radius 1 is 0.917 bits per heavy atom. The number of halogens is 1. The Balaban J connectivity index is 1.84. The Morgan fingerprint density at radius 2 is 1.58 bits per heavy atom. The van der Waals surface area contributed by atoms with Gasteiger partial charge in [-0.1, -0.05) is 92.2 Å². The minimum Gasteiger partial charge on any atom is -0.354 e. The van der Waals surface area contributed by atoms with Crippen LogP contribution in [0.1, 0.15) is 36.1 Å². The molecule has 0 spiro atoms. The molecule has 190 valence electrons.